The normalized spacial score (nSPS) is 11.5. The zero-order valence-corrected chi connectivity index (χ0v) is 15.6. The maximum Gasteiger partial charge on any atom is 0.191 e. The van der Waals surface area contributed by atoms with E-state index < -0.39 is 0 Å². The Labute approximate surface area is 154 Å². The van der Waals surface area contributed by atoms with Gasteiger partial charge in [-0.2, -0.15) is 0 Å². The van der Waals surface area contributed by atoms with E-state index in [1.54, 1.807) is 19.2 Å². The Morgan fingerprint density at radius 1 is 1.04 bits per heavy atom. The number of rotatable bonds is 8. The van der Waals surface area contributed by atoms with Crippen LogP contribution in [0.5, 0.6) is 5.75 Å². The standard InChI is InChI=1S/C20H27FN4O/c1-22-20(23-14-16-8-10-18(21)11-9-16)24-15-17-6-4-5-7-19(17)26-13-12-25(2)3/h4-11H,12-15H2,1-3H3,(H2,22,23,24). The van der Waals surface area contributed by atoms with Crippen LogP contribution in [0, 0.1) is 5.82 Å². The molecular weight excluding hydrogens is 331 g/mol. The molecule has 26 heavy (non-hydrogen) atoms. The first-order valence-electron chi connectivity index (χ1n) is 8.63. The van der Waals surface area contributed by atoms with Crippen LogP contribution in [0.2, 0.25) is 0 Å². The molecule has 0 saturated carbocycles. The molecule has 2 aromatic rings. The Morgan fingerprint density at radius 2 is 1.73 bits per heavy atom. The zero-order valence-electron chi connectivity index (χ0n) is 15.6. The Bertz CT molecular complexity index is 701. The monoisotopic (exact) mass is 358 g/mol. The van der Waals surface area contributed by atoms with E-state index >= 15 is 0 Å². The van der Waals surface area contributed by atoms with E-state index in [2.05, 4.69) is 20.5 Å². The molecule has 0 aliphatic carbocycles. The number of benzene rings is 2. The van der Waals surface area contributed by atoms with Gasteiger partial charge >= 0.3 is 0 Å². The Kier molecular flexibility index (Phi) is 7.89. The lowest BCUT2D eigenvalue weighted by Gasteiger charge is -2.16. The summed E-state index contributed by atoms with van der Waals surface area (Å²) in [6.07, 6.45) is 0. The molecule has 0 saturated heterocycles. The first-order chi connectivity index (χ1) is 12.6. The molecule has 0 heterocycles. The summed E-state index contributed by atoms with van der Waals surface area (Å²) in [5.41, 5.74) is 2.05. The van der Waals surface area contributed by atoms with E-state index in [1.165, 1.54) is 12.1 Å². The third-order valence-corrected chi connectivity index (χ3v) is 3.81. The number of hydrogen-bond acceptors (Lipinski definition) is 3. The number of ether oxygens (including phenoxy) is 1. The number of nitrogens with zero attached hydrogens (tertiary/aromatic N) is 2. The number of likely N-dealkylation sites (N-methyl/N-ethyl adjacent to an activating group) is 1. The first kappa shape index (κ1) is 19.7. The van der Waals surface area contributed by atoms with Crippen molar-refractivity contribution in [3.8, 4) is 5.75 Å². The van der Waals surface area contributed by atoms with Crippen LogP contribution in [0.4, 0.5) is 4.39 Å². The molecule has 0 fully saturated rings. The van der Waals surface area contributed by atoms with E-state index in [4.69, 9.17) is 4.74 Å². The number of nitrogens with one attached hydrogen (secondary N) is 2. The number of halogens is 1. The molecule has 0 aromatic heterocycles. The second-order valence-corrected chi connectivity index (χ2v) is 6.17. The average molecular weight is 358 g/mol. The number of para-hydroxylation sites is 1. The Balaban J connectivity index is 1.86. The second-order valence-electron chi connectivity index (χ2n) is 6.17. The maximum atomic E-state index is 13.0. The summed E-state index contributed by atoms with van der Waals surface area (Å²) in [6, 6.07) is 14.4. The van der Waals surface area contributed by atoms with Crippen molar-refractivity contribution in [1.29, 1.82) is 0 Å². The minimum Gasteiger partial charge on any atom is -0.492 e. The van der Waals surface area contributed by atoms with Crippen molar-refractivity contribution in [3.63, 3.8) is 0 Å². The highest BCUT2D eigenvalue weighted by atomic mass is 19.1. The van der Waals surface area contributed by atoms with E-state index in [9.17, 15) is 4.39 Å². The van der Waals surface area contributed by atoms with Crippen LogP contribution < -0.4 is 15.4 Å². The van der Waals surface area contributed by atoms with E-state index in [0.717, 1.165) is 23.4 Å². The van der Waals surface area contributed by atoms with Gasteiger partial charge in [-0.05, 0) is 37.9 Å². The van der Waals surface area contributed by atoms with Crippen LogP contribution in [0.15, 0.2) is 53.5 Å². The van der Waals surface area contributed by atoms with Crippen molar-refractivity contribution in [2.24, 2.45) is 4.99 Å². The van der Waals surface area contributed by atoms with Crippen LogP contribution in [0.25, 0.3) is 0 Å². The molecule has 0 unspecified atom stereocenters. The van der Waals surface area contributed by atoms with Crippen molar-refractivity contribution >= 4 is 5.96 Å². The molecule has 0 radical (unpaired) electrons. The highest BCUT2D eigenvalue weighted by Gasteiger charge is 2.05. The Morgan fingerprint density at radius 3 is 2.42 bits per heavy atom. The third kappa shape index (κ3) is 6.72. The fourth-order valence-electron chi connectivity index (χ4n) is 2.32. The summed E-state index contributed by atoms with van der Waals surface area (Å²) < 4.78 is 18.8. The van der Waals surface area contributed by atoms with Crippen LogP contribution in [0.3, 0.4) is 0 Å². The SMILES string of the molecule is CN=C(NCc1ccc(F)cc1)NCc1ccccc1OCCN(C)C. The zero-order chi connectivity index (χ0) is 18.8. The van der Waals surface area contributed by atoms with Crippen LogP contribution in [-0.2, 0) is 13.1 Å². The molecule has 2 rings (SSSR count). The van der Waals surface area contributed by atoms with Crippen molar-refractivity contribution < 1.29 is 9.13 Å². The first-order valence-corrected chi connectivity index (χ1v) is 8.63. The van der Waals surface area contributed by atoms with Gasteiger partial charge in [0.1, 0.15) is 18.2 Å². The summed E-state index contributed by atoms with van der Waals surface area (Å²) in [6.45, 7) is 2.67. The predicted molar refractivity (Wildman–Crippen MR) is 104 cm³/mol. The van der Waals surface area contributed by atoms with Gasteiger partial charge in [0.2, 0.25) is 0 Å². The fraction of sp³-hybridized carbons (Fsp3) is 0.350. The largest absolute Gasteiger partial charge is 0.492 e. The third-order valence-electron chi connectivity index (χ3n) is 3.81. The minimum absolute atomic E-state index is 0.234. The van der Waals surface area contributed by atoms with Gasteiger partial charge < -0.3 is 20.3 Å². The smallest absolute Gasteiger partial charge is 0.191 e. The van der Waals surface area contributed by atoms with Crippen molar-refractivity contribution in [1.82, 2.24) is 15.5 Å². The lowest BCUT2D eigenvalue weighted by Crippen LogP contribution is -2.36. The summed E-state index contributed by atoms with van der Waals surface area (Å²) >= 11 is 0. The molecule has 0 atom stereocenters. The van der Waals surface area contributed by atoms with Gasteiger partial charge in [0, 0.05) is 32.2 Å². The summed E-state index contributed by atoms with van der Waals surface area (Å²) in [7, 11) is 5.76. The van der Waals surface area contributed by atoms with Gasteiger partial charge in [-0.1, -0.05) is 30.3 Å². The highest BCUT2D eigenvalue weighted by molar-refractivity contribution is 5.79. The molecular formula is C20H27FN4O. The van der Waals surface area contributed by atoms with Crippen molar-refractivity contribution in [2.45, 2.75) is 13.1 Å². The lowest BCUT2D eigenvalue weighted by molar-refractivity contribution is 0.259. The summed E-state index contributed by atoms with van der Waals surface area (Å²) in [5.74, 6) is 1.32. The van der Waals surface area contributed by atoms with Gasteiger partial charge in [0.05, 0.1) is 0 Å². The van der Waals surface area contributed by atoms with Crippen LogP contribution in [0.1, 0.15) is 11.1 Å². The molecule has 2 N–H and O–H groups in total. The molecule has 2 aromatic carbocycles. The maximum absolute atomic E-state index is 13.0. The topological polar surface area (TPSA) is 48.9 Å². The van der Waals surface area contributed by atoms with Gasteiger partial charge in [-0.25, -0.2) is 4.39 Å². The van der Waals surface area contributed by atoms with E-state index in [-0.39, 0.29) is 5.82 Å². The molecule has 6 heteroatoms. The van der Waals surface area contributed by atoms with E-state index in [1.807, 2.05) is 38.4 Å². The lowest BCUT2D eigenvalue weighted by atomic mass is 10.2. The molecule has 0 aliphatic rings. The molecule has 0 aliphatic heterocycles. The summed E-state index contributed by atoms with van der Waals surface area (Å²) in [4.78, 5) is 6.31. The molecule has 0 bridgehead atoms. The van der Waals surface area contributed by atoms with Crippen LogP contribution in [-0.4, -0.2) is 45.2 Å². The fourth-order valence-corrected chi connectivity index (χ4v) is 2.32. The second kappa shape index (κ2) is 10.4. The van der Waals surface area contributed by atoms with Crippen molar-refractivity contribution in [2.75, 3.05) is 34.3 Å². The van der Waals surface area contributed by atoms with Gasteiger partial charge in [0.15, 0.2) is 5.96 Å². The molecule has 0 spiro atoms. The van der Waals surface area contributed by atoms with Gasteiger partial charge in [0.25, 0.3) is 0 Å². The Hall–Kier alpha value is -2.60. The summed E-state index contributed by atoms with van der Waals surface area (Å²) in [5, 5.41) is 6.50. The predicted octanol–water partition coefficient (Wildman–Crippen LogP) is 2.63. The highest BCUT2D eigenvalue weighted by Crippen LogP contribution is 2.17. The van der Waals surface area contributed by atoms with E-state index in [0.29, 0.717) is 25.7 Å². The van der Waals surface area contributed by atoms with Crippen LogP contribution >= 0.6 is 0 Å². The van der Waals surface area contributed by atoms with Crippen molar-refractivity contribution in [3.05, 3.63) is 65.5 Å². The van der Waals surface area contributed by atoms with Gasteiger partial charge in [-0.3, -0.25) is 4.99 Å². The number of aliphatic imine (C=N–C) groups is 1. The molecule has 5 nitrogen and oxygen atoms in total. The molecule has 140 valence electrons. The number of guanidine groups is 1. The molecule has 0 amide bonds. The van der Waals surface area contributed by atoms with Gasteiger partial charge in [-0.15, -0.1) is 0 Å². The quantitative estimate of drug-likeness (QED) is 0.563. The average Bonchev–Trinajstić information content (AvgIpc) is 2.64. The minimum atomic E-state index is -0.234. The number of hydrogen-bond donors (Lipinski definition) is 2.